The Morgan fingerprint density at radius 2 is 1.85 bits per heavy atom. The quantitative estimate of drug-likeness (QED) is 0.598. The van der Waals surface area contributed by atoms with Crippen molar-refractivity contribution in [1.82, 2.24) is 14.9 Å². The molecule has 0 saturated carbocycles. The topological polar surface area (TPSA) is 95.5 Å². The number of aliphatic hydroxyl groups is 1. The Hall–Kier alpha value is -3.40. The third-order valence-corrected chi connectivity index (χ3v) is 5.98. The number of nitrogens with zero attached hydrogens (tertiary/aromatic N) is 2. The van der Waals surface area contributed by atoms with Crippen LogP contribution in [0.5, 0.6) is 5.75 Å². The molecule has 0 aliphatic carbocycles. The second kappa shape index (κ2) is 8.75. The van der Waals surface area contributed by atoms with Gasteiger partial charge in [0, 0.05) is 24.2 Å². The molecule has 0 radical (unpaired) electrons. The number of benzene rings is 2. The summed E-state index contributed by atoms with van der Waals surface area (Å²) in [5.41, 5.74) is -2.05. The van der Waals surface area contributed by atoms with Crippen LogP contribution in [0.2, 0.25) is 0 Å². The predicted molar refractivity (Wildman–Crippen MR) is 119 cm³/mol. The highest BCUT2D eigenvalue weighted by atomic mass is 19.4. The summed E-state index contributed by atoms with van der Waals surface area (Å²) in [5, 5.41) is 10.1. The van der Waals surface area contributed by atoms with Crippen LogP contribution in [0.4, 0.5) is 13.2 Å². The van der Waals surface area contributed by atoms with Crippen molar-refractivity contribution in [1.29, 1.82) is 0 Å². The SMILES string of the molecule is Cc1nc2cc(C(F)(F)F)c(COc3ccc(C(=O)N4CCC(C)(O)CC4)cc3)cc2c(=O)[nH]1. The molecule has 1 aliphatic rings. The predicted octanol–water partition coefficient (Wildman–Crippen LogP) is 3.82. The Labute approximate surface area is 193 Å². The lowest BCUT2D eigenvalue weighted by Gasteiger charge is -2.35. The minimum absolute atomic E-state index is 0.0404. The standard InChI is InChI=1S/C24H24F3N3O4/c1-14-28-20-12-19(24(25,26)27)16(11-18(20)21(31)29-14)13-34-17-5-3-15(4-6-17)22(32)30-9-7-23(2,33)8-10-30/h3-6,11-12,33H,7-10,13H2,1-2H3,(H,28,29,31). The molecule has 2 heterocycles. The molecule has 0 spiro atoms. The van der Waals surface area contributed by atoms with Gasteiger partial charge in [0.2, 0.25) is 0 Å². The Morgan fingerprint density at radius 1 is 1.21 bits per heavy atom. The first-order valence-corrected chi connectivity index (χ1v) is 10.8. The first kappa shape index (κ1) is 23.7. The van der Waals surface area contributed by atoms with Crippen LogP contribution in [-0.4, -0.2) is 44.6 Å². The fourth-order valence-corrected chi connectivity index (χ4v) is 3.96. The van der Waals surface area contributed by atoms with E-state index in [1.165, 1.54) is 19.1 Å². The zero-order valence-electron chi connectivity index (χ0n) is 18.7. The van der Waals surface area contributed by atoms with Gasteiger partial charge in [0.15, 0.2) is 0 Å². The van der Waals surface area contributed by atoms with E-state index in [-0.39, 0.29) is 33.9 Å². The van der Waals surface area contributed by atoms with Crippen molar-refractivity contribution in [2.45, 2.75) is 45.1 Å². The van der Waals surface area contributed by atoms with Gasteiger partial charge in [0.25, 0.3) is 11.5 Å². The summed E-state index contributed by atoms with van der Waals surface area (Å²) in [6.45, 7) is 3.70. The molecule has 0 bridgehead atoms. The van der Waals surface area contributed by atoms with Crippen molar-refractivity contribution in [3.63, 3.8) is 0 Å². The fourth-order valence-electron chi connectivity index (χ4n) is 3.96. The first-order valence-electron chi connectivity index (χ1n) is 10.8. The van der Waals surface area contributed by atoms with Crippen molar-refractivity contribution in [3.8, 4) is 5.75 Å². The molecule has 0 unspecified atom stereocenters. The number of hydrogen-bond acceptors (Lipinski definition) is 5. The zero-order valence-corrected chi connectivity index (χ0v) is 18.7. The lowest BCUT2D eigenvalue weighted by Crippen LogP contribution is -2.45. The number of aryl methyl sites for hydroxylation is 1. The molecule has 2 aromatic carbocycles. The minimum atomic E-state index is -4.65. The van der Waals surface area contributed by atoms with Gasteiger partial charge in [0.05, 0.1) is 22.1 Å². The van der Waals surface area contributed by atoms with E-state index in [0.29, 0.717) is 31.5 Å². The molecule has 1 fully saturated rings. The molecule has 34 heavy (non-hydrogen) atoms. The highest BCUT2D eigenvalue weighted by molar-refractivity contribution is 5.94. The van der Waals surface area contributed by atoms with Gasteiger partial charge in [-0.05, 0) is 63.1 Å². The molecule has 2 N–H and O–H groups in total. The highest BCUT2D eigenvalue weighted by Gasteiger charge is 2.34. The third kappa shape index (κ3) is 5.06. The van der Waals surface area contributed by atoms with Gasteiger partial charge in [-0.15, -0.1) is 0 Å². The summed E-state index contributed by atoms with van der Waals surface area (Å²) < 4.78 is 46.5. The van der Waals surface area contributed by atoms with Crippen LogP contribution in [0.25, 0.3) is 10.9 Å². The number of hydrogen-bond donors (Lipinski definition) is 2. The van der Waals surface area contributed by atoms with E-state index in [9.17, 15) is 27.9 Å². The van der Waals surface area contributed by atoms with Gasteiger partial charge in [0.1, 0.15) is 18.2 Å². The molecule has 1 saturated heterocycles. The molecule has 4 rings (SSSR count). The van der Waals surface area contributed by atoms with Gasteiger partial charge >= 0.3 is 6.18 Å². The fraction of sp³-hybridized carbons (Fsp3) is 0.375. The van der Waals surface area contributed by atoms with Crippen LogP contribution in [0, 0.1) is 6.92 Å². The van der Waals surface area contributed by atoms with Crippen LogP contribution in [-0.2, 0) is 12.8 Å². The molecule has 10 heteroatoms. The van der Waals surface area contributed by atoms with E-state index in [1.54, 1.807) is 24.0 Å². The maximum Gasteiger partial charge on any atom is 0.416 e. The van der Waals surface area contributed by atoms with E-state index in [0.717, 1.165) is 12.1 Å². The number of carbonyl (C=O) groups is 1. The number of H-pyrrole nitrogens is 1. The van der Waals surface area contributed by atoms with Gasteiger partial charge < -0.3 is 19.7 Å². The molecule has 1 amide bonds. The summed E-state index contributed by atoms with van der Waals surface area (Å²) in [5.74, 6) is 0.319. The van der Waals surface area contributed by atoms with E-state index >= 15 is 0 Å². The number of carbonyl (C=O) groups excluding carboxylic acids is 1. The third-order valence-electron chi connectivity index (χ3n) is 5.98. The Bertz CT molecular complexity index is 1270. The number of aromatic nitrogens is 2. The van der Waals surface area contributed by atoms with Gasteiger partial charge in [-0.3, -0.25) is 9.59 Å². The van der Waals surface area contributed by atoms with Crippen molar-refractivity contribution in [3.05, 3.63) is 69.3 Å². The molecular weight excluding hydrogens is 451 g/mol. The molecule has 0 atom stereocenters. The number of alkyl halides is 3. The van der Waals surface area contributed by atoms with Gasteiger partial charge in [-0.2, -0.15) is 13.2 Å². The molecule has 7 nitrogen and oxygen atoms in total. The second-order valence-corrected chi connectivity index (χ2v) is 8.78. The van der Waals surface area contributed by atoms with Crippen LogP contribution in [0.3, 0.4) is 0 Å². The van der Waals surface area contributed by atoms with E-state index in [1.807, 2.05) is 0 Å². The first-order chi connectivity index (χ1) is 15.9. The number of likely N-dealkylation sites (tertiary alicyclic amines) is 1. The number of piperidine rings is 1. The number of halogens is 3. The maximum absolute atomic E-state index is 13.6. The average molecular weight is 475 g/mol. The van der Waals surface area contributed by atoms with E-state index in [2.05, 4.69) is 9.97 Å². The number of nitrogens with one attached hydrogen (secondary N) is 1. The number of amides is 1. The molecule has 3 aromatic rings. The van der Waals surface area contributed by atoms with Crippen molar-refractivity contribution < 1.29 is 27.8 Å². The number of aromatic amines is 1. The normalized spacial score (nSPS) is 16.0. The maximum atomic E-state index is 13.6. The van der Waals surface area contributed by atoms with Crippen LogP contribution < -0.4 is 10.3 Å². The summed E-state index contributed by atoms with van der Waals surface area (Å²) >= 11 is 0. The number of rotatable bonds is 4. The van der Waals surface area contributed by atoms with Crippen LogP contribution >= 0.6 is 0 Å². The van der Waals surface area contributed by atoms with Crippen molar-refractivity contribution >= 4 is 16.8 Å². The summed E-state index contributed by atoms with van der Waals surface area (Å²) in [6, 6.07) is 8.12. The smallest absolute Gasteiger partial charge is 0.416 e. The van der Waals surface area contributed by atoms with Crippen LogP contribution in [0.15, 0.2) is 41.2 Å². The largest absolute Gasteiger partial charge is 0.489 e. The lowest BCUT2D eigenvalue weighted by molar-refractivity contribution is -0.138. The lowest BCUT2D eigenvalue weighted by atomic mass is 9.93. The van der Waals surface area contributed by atoms with Crippen LogP contribution in [0.1, 0.15) is 47.1 Å². The Morgan fingerprint density at radius 3 is 2.47 bits per heavy atom. The van der Waals surface area contributed by atoms with Gasteiger partial charge in [-0.1, -0.05) is 0 Å². The molecule has 1 aromatic heterocycles. The Balaban J connectivity index is 1.51. The molecular formula is C24H24F3N3O4. The minimum Gasteiger partial charge on any atom is -0.489 e. The highest BCUT2D eigenvalue weighted by Crippen LogP contribution is 2.34. The summed E-state index contributed by atoms with van der Waals surface area (Å²) in [6.07, 6.45) is -3.67. The molecule has 1 aliphatic heterocycles. The number of fused-ring (bicyclic) bond motifs is 1. The van der Waals surface area contributed by atoms with Gasteiger partial charge in [-0.25, -0.2) is 4.98 Å². The number of ether oxygens (including phenoxy) is 1. The second-order valence-electron chi connectivity index (χ2n) is 8.78. The van der Waals surface area contributed by atoms with Crippen molar-refractivity contribution in [2.75, 3.05) is 13.1 Å². The Kier molecular flexibility index (Phi) is 6.11. The summed E-state index contributed by atoms with van der Waals surface area (Å²) in [7, 11) is 0. The van der Waals surface area contributed by atoms with E-state index in [4.69, 9.17) is 4.74 Å². The average Bonchev–Trinajstić information content (AvgIpc) is 2.76. The van der Waals surface area contributed by atoms with E-state index < -0.39 is 29.5 Å². The molecule has 180 valence electrons. The zero-order chi connectivity index (χ0) is 24.7. The summed E-state index contributed by atoms with van der Waals surface area (Å²) in [4.78, 5) is 33.0. The monoisotopic (exact) mass is 475 g/mol. The van der Waals surface area contributed by atoms with Crippen molar-refractivity contribution in [2.24, 2.45) is 0 Å².